The van der Waals surface area contributed by atoms with Gasteiger partial charge in [-0.05, 0) is 56.5 Å². The van der Waals surface area contributed by atoms with Crippen LogP contribution >= 0.6 is 0 Å². The largest absolute Gasteiger partial charge is 0.463 e. The van der Waals surface area contributed by atoms with Crippen molar-refractivity contribution in [3.05, 3.63) is 70.9 Å². The second-order valence-electron chi connectivity index (χ2n) is 8.18. The fourth-order valence-corrected chi connectivity index (χ4v) is 3.68. The number of benzene rings is 2. The van der Waals surface area contributed by atoms with Gasteiger partial charge in [0.25, 0.3) is 5.91 Å². The highest BCUT2D eigenvalue weighted by molar-refractivity contribution is 5.99. The maximum atomic E-state index is 13.0. The van der Waals surface area contributed by atoms with Crippen LogP contribution in [0.2, 0.25) is 0 Å². The van der Waals surface area contributed by atoms with Gasteiger partial charge in [0.2, 0.25) is 0 Å². The zero-order chi connectivity index (χ0) is 22.7. The lowest BCUT2D eigenvalue weighted by molar-refractivity contribution is -0.148. The number of aliphatic hydroxyl groups is 1. The van der Waals surface area contributed by atoms with E-state index in [2.05, 4.69) is 5.32 Å². The summed E-state index contributed by atoms with van der Waals surface area (Å²) >= 11 is 0. The van der Waals surface area contributed by atoms with Gasteiger partial charge in [-0.15, -0.1) is 0 Å². The fraction of sp³-hybridized carbons (Fsp3) is 0.360. The molecule has 3 aromatic rings. The Morgan fingerprint density at radius 3 is 2.29 bits per heavy atom. The first-order valence-electron chi connectivity index (χ1n) is 10.5. The van der Waals surface area contributed by atoms with E-state index in [1.165, 1.54) is 0 Å². The van der Waals surface area contributed by atoms with E-state index < -0.39 is 12.0 Å². The van der Waals surface area contributed by atoms with Crippen LogP contribution in [-0.2, 0) is 16.6 Å². The molecular weight excluding hydrogens is 392 g/mol. The number of nitrogens with zero attached hydrogens (tertiary/aromatic N) is 1. The van der Waals surface area contributed by atoms with E-state index in [0.29, 0.717) is 5.69 Å². The molecule has 0 fully saturated rings. The second-order valence-corrected chi connectivity index (χ2v) is 8.18. The fourth-order valence-electron chi connectivity index (χ4n) is 3.68. The van der Waals surface area contributed by atoms with Gasteiger partial charge in [-0.25, -0.2) is 0 Å². The molecular formula is C25H30N2O4. The Morgan fingerprint density at radius 1 is 1.06 bits per heavy atom. The highest BCUT2D eigenvalue weighted by atomic mass is 16.5. The summed E-state index contributed by atoms with van der Waals surface area (Å²) in [6.45, 7) is 7.21. The number of carbonyl (C=O) groups excluding carboxylic acids is 2. The van der Waals surface area contributed by atoms with Crippen LogP contribution in [0, 0.1) is 6.92 Å². The summed E-state index contributed by atoms with van der Waals surface area (Å²) in [5.41, 5.74) is 4.20. The van der Waals surface area contributed by atoms with Gasteiger partial charge in [-0.3, -0.25) is 9.59 Å². The number of esters is 1. The Bertz CT molecular complexity index is 1080. The Labute approximate surface area is 182 Å². The highest BCUT2D eigenvalue weighted by Gasteiger charge is 2.21. The summed E-state index contributed by atoms with van der Waals surface area (Å²) in [4.78, 5) is 25.1. The van der Waals surface area contributed by atoms with Gasteiger partial charge in [-0.1, -0.05) is 36.4 Å². The van der Waals surface area contributed by atoms with E-state index in [-0.39, 0.29) is 24.6 Å². The minimum absolute atomic E-state index is 0.166. The summed E-state index contributed by atoms with van der Waals surface area (Å²) < 4.78 is 7.13. The number of aromatic nitrogens is 1. The van der Waals surface area contributed by atoms with E-state index in [4.69, 9.17) is 4.74 Å². The quantitative estimate of drug-likeness (QED) is 0.564. The number of carbonyl (C=O) groups is 2. The molecule has 6 nitrogen and oxygen atoms in total. The third-order valence-corrected chi connectivity index (χ3v) is 5.57. The third kappa shape index (κ3) is 4.80. The Morgan fingerprint density at radius 2 is 1.71 bits per heavy atom. The molecule has 1 amide bonds. The molecule has 3 rings (SSSR count). The molecule has 1 aromatic heterocycles. The number of nitrogens with one attached hydrogen (secondary N) is 1. The highest BCUT2D eigenvalue weighted by Crippen LogP contribution is 2.24. The van der Waals surface area contributed by atoms with Gasteiger partial charge >= 0.3 is 5.97 Å². The van der Waals surface area contributed by atoms with Crippen molar-refractivity contribution in [2.45, 2.75) is 45.8 Å². The third-order valence-electron chi connectivity index (χ3n) is 5.57. The number of fused-ring (bicyclic) bond motifs is 1. The Kier molecular flexibility index (Phi) is 6.81. The molecule has 0 aliphatic carbocycles. The normalized spacial score (nSPS) is 13.3. The number of amides is 1. The van der Waals surface area contributed by atoms with Crippen molar-refractivity contribution in [3.63, 3.8) is 0 Å². The molecule has 2 aromatic carbocycles. The van der Waals surface area contributed by atoms with Gasteiger partial charge < -0.3 is 19.7 Å². The van der Waals surface area contributed by atoms with Crippen LogP contribution in [0.25, 0.3) is 10.9 Å². The molecule has 0 spiro atoms. The topological polar surface area (TPSA) is 80.6 Å². The van der Waals surface area contributed by atoms with Crippen molar-refractivity contribution in [2.75, 3.05) is 6.61 Å². The van der Waals surface area contributed by atoms with E-state index in [0.717, 1.165) is 27.6 Å². The molecule has 0 aliphatic heterocycles. The number of aryl methyl sites for hydroxylation is 2. The summed E-state index contributed by atoms with van der Waals surface area (Å²) in [5.74, 6) is -0.923. The minimum Gasteiger partial charge on any atom is -0.463 e. The van der Waals surface area contributed by atoms with Crippen LogP contribution in [0.1, 0.15) is 59.9 Å². The maximum Gasteiger partial charge on any atom is 0.313 e. The first-order chi connectivity index (χ1) is 14.7. The van der Waals surface area contributed by atoms with E-state index in [1.54, 1.807) is 6.92 Å². The molecule has 0 saturated carbocycles. The molecule has 2 unspecified atom stereocenters. The monoisotopic (exact) mass is 422 g/mol. The maximum absolute atomic E-state index is 13.0. The molecule has 0 radical (unpaired) electrons. The average molecular weight is 423 g/mol. The van der Waals surface area contributed by atoms with Crippen LogP contribution < -0.4 is 5.32 Å². The molecule has 2 atom stereocenters. The number of rotatable bonds is 7. The van der Waals surface area contributed by atoms with E-state index in [9.17, 15) is 14.7 Å². The van der Waals surface area contributed by atoms with Crippen LogP contribution in [-0.4, -0.2) is 34.3 Å². The smallest absolute Gasteiger partial charge is 0.313 e. The van der Waals surface area contributed by atoms with Gasteiger partial charge in [-0.2, -0.15) is 0 Å². The standard InChI is InChI=1S/C25H30N2O4/c1-15(2)31-25(30)17(4)18-9-11-19(12-10-18)21(14-28)26-24(29)23-13-20-16(3)7-6-8-22(20)27(23)5/h6-13,15,17,21,28H,14H2,1-5H3,(H,26,29). The first-order valence-corrected chi connectivity index (χ1v) is 10.5. The molecule has 6 heteroatoms. The van der Waals surface area contributed by atoms with E-state index >= 15 is 0 Å². The lowest BCUT2D eigenvalue weighted by Crippen LogP contribution is -2.32. The molecule has 0 saturated heterocycles. The predicted molar refractivity (Wildman–Crippen MR) is 121 cm³/mol. The SMILES string of the molecule is Cc1cccc2c1cc(C(=O)NC(CO)c1ccc(C(C)C(=O)OC(C)C)cc1)n2C. The van der Waals surface area contributed by atoms with Crippen LogP contribution in [0.3, 0.4) is 0 Å². The molecule has 0 aliphatic rings. The molecule has 2 N–H and O–H groups in total. The van der Waals surface area contributed by atoms with Crippen LogP contribution in [0.15, 0.2) is 48.5 Å². The molecule has 31 heavy (non-hydrogen) atoms. The Balaban J connectivity index is 1.77. The summed E-state index contributed by atoms with van der Waals surface area (Å²) in [6, 6.07) is 14.6. The molecule has 164 valence electrons. The van der Waals surface area contributed by atoms with Crippen molar-refractivity contribution in [1.29, 1.82) is 0 Å². The van der Waals surface area contributed by atoms with Crippen LogP contribution in [0.4, 0.5) is 0 Å². The number of ether oxygens (including phenoxy) is 1. The first kappa shape index (κ1) is 22.6. The minimum atomic E-state index is -0.557. The van der Waals surface area contributed by atoms with Crippen molar-refractivity contribution >= 4 is 22.8 Å². The van der Waals surface area contributed by atoms with Crippen molar-refractivity contribution in [2.24, 2.45) is 7.05 Å². The summed E-state index contributed by atoms with van der Waals surface area (Å²) in [7, 11) is 1.86. The van der Waals surface area contributed by atoms with Crippen molar-refractivity contribution < 1.29 is 19.4 Å². The predicted octanol–water partition coefficient (Wildman–Crippen LogP) is 4.01. The average Bonchev–Trinajstić information content (AvgIpc) is 3.09. The van der Waals surface area contributed by atoms with Gasteiger partial charge in [0, 0.05) is 18.0 Å². The summed E-state index contributed by atoms with van der Waals surface area (Å²) in [6.07, 6.45) is -0.166. The number of aliphatic hydroxyl groups excluding tert-OH is 1. The van der Waals surface area contributed by atoms with E-state index in [1.807, 2.05) is 80.9 Å². The zero-order valence-corrected chi connectivity index (χ0v) is 18.7. The van der Waals surface area contributed by atoms with Crippen molar-refractivity contribution in [3.8, 4) is 0 Å². The lowest BCUT2D eigenvalue weighted by atomic mass is 9.98. The lowest BCUT2D eigenvalue weighted by Gasteiger charge is -2.19. The van der Waals surface area contributed by atoms with Crippen molar-refractivity contribution in [1.82, 2.24) is 9.88 Å². The Hall–Kier alpha value is -3.12. The second kappa shape index (κ2) is 9.35. The van der Waals surface area contributed by atoms with Gasteiger partial charge in [0.1, 0.15) is 5.69 Å². The summed E-state index contributed by atoms with van der Waals surface area (Å²) in [5, 5.41) is 13.8. The van der Waals surface area contributed by atoms with Crippen LogP contribution in [0.5, 0.6) is 0 Å². The number of hydrogen-bond donors (Lipinski definition) is 2. The van der Waals surface area contributed by atoms with Gasteiger partial charge in [0.15, 0.2) is 0 Å². The zero-order valence-electron chi connectivity index (χ0n) is 18.7. The van der Waals surface area contributed by atoms with Gasteiger partial charge in [0.05, 0.1) is 24.7 Å². The molecule has 1 heterocycles. The molecule has 0 bridgehead atoms. The number of hydrogen-bond acceptors (Lipinski definition) is 4.